The van der Waals surface area contributed by atoms with Crippen molar-refractivity contribution in [1.29, 1.82) is 0 Å². The van der Waals surface area contributed by atoms with Crippen LogP contribution in [0.25, 0.3) is 0 Å². The molecule has 0 bridgehead atoms. The number of aliphatic hydroxyl groups is 7. The lowest BCUT2D eigenvalue weighted by Crippen LogP contribution is -2.68. The van der Waals surface area contributed by atoms with Gasteiger partial charge in [0.05, 0.1) is 49.1 Å². The molecule has 1 aromatic carbocycles. The standard InChI is InChI=1S/C35H56F6N6O14/c36-34(37,38)13-5-12(6-14(7-13)35(39,40)41)1-2-47-3-4-55-30-28(60-31-20(45)25(53)23(51)17(9-42)56-31)19(11-49)58-33(30)61-29-22(50)15(43)8-16(44)27(29)59-32-21(46)26(54)24(52)18(10-48)57-32/h5-7,15-33,47-54H,1-4,8-11,42-46H2/t15-,16+,17+,18-,19-,20-,21-,22+,23-,24-,25-,26-,27-,28-,29-,30-,31-,32-,33+/m1/s1. The van der Waals surface area contributed by atoms with E-state index in [4.69, 9.17) is 61.8 Å². The van der Waals surface area contributed by atoms with Crippen LogP contribution < -0.4 is 34.0 Å². The molecule has 5 rings (SSSR count). The zero-order valence-corrected chi connectivity index (χ0v) is 32.5. The fourth-order valence-corrected chi connectivity index (χ4v) is 7.64. The van der Waals surface area contributed by atoms with Gasteiger partial charge in [-0.1, -0.05) is 0 Å². The van der Waals surface area contributed by atoms with Crippen LogP contribution in [0.5, 0.6) is 0 Å². The Morgan fingerprint density at radius 3 is 1.66 bits per heavy atom. The van der Waals surface area contributed by atoms with E-state index in [1.807, 2.05) is 0 Å². The van der Waals surface area contributed by atoms with E-state index < -0.39 is 153 Å². The first-order valence-corrected chi connectivity index (χ1v) is 19.5. The van der Waals surface area contributed by atoms with Crippen molar-refractivity contribution < 1.29 is 95.2 Å². The van der Waals surface area contributed by atoms with E-state index in [0.29, 0.717) is 12.1 Å². The maximum atomic E-state index is 13.4. The molecular formula is C35H56F6N6O14. The van der Waals surface area contributed by atoms with E-state index in [-0.39, 0.29) is 50.7 Å². The predicted molar refractivity (Wildman–Crippen MR) is 193 cm³/mol. The lowest BCUT2D eigenvalue weighted by molar-refractivity contribution is -0.311. The maximum Gasteiger partial charge on any atom is 0.416 e. The molecule has 352 valence electrons. The number of halogens is 6. The van der Waals surface area contributed by atoms with E-state index in [2.05, 4.69) is 5.32 Å². The molecular weight excluding hydrogens is 842 g/mol. The van der Waals surface area contributed by atoms with E-state index >= 15 is 0 Å². The van der Waals surface area contributed by atoms with E-state index in [0.717, 1.165) is 0 Å². The van der Waals surface area contributed by atoms with Crippen molar-refractivity contribution in [1.82, 2.24) is 5.32 Å². The predicted octanol–water partition coefficient (Wildman–Crippen LogP) is -4.97. The van der Waals surface area contributed by atoms with Gasteiger partial charge in [0.2, 0.25) is 0 Å². The highest BCUT2D eigenvalue weighted by atomic mass is 19.4. The van der Waals surface area contributed by atoms with E-state index in [1.54, 1.807) is 0 Å². The molecule has 0 spiro atoms. The summed E-state index contributed by atoms with van der Waals surface area (Å²) in [6, 6.07) is -3.51. The SMILES string of the molecule is NC[C@@H]1O[C@H](O[C@H]2[C@@H](OCCNCCc3cc(C(F)(F)F)cc(C(F)(F)F)c3)[C@H](O[C@@H]3[C@@H](O)[C@H](N)C[C@H](N)[C@H]3O[C@H]3O[C@H](CO)[C@@H](O)[C@H](O)[C@H]3N)O[C@@H]2CO)[C@H](N)[C@@H](O)[C@@H]1O. The van der Waals surface area contributed by atoms with Crippen molar-refractivity contribution >= 4 is 0 Å². The molecule has 1 aromatic rings. The lowest BCUT2D eigenvalue weighted by Gasteiger charge is -2.47. The average Bonchev–Trinajstić information content (AvgIpc) is 3.53. The Morgan fingerprint density at radius 1 is 0.607 bits per heavy atom. The largest absolute Gasteiger partial charge is 0.416 e. The molecule has 0 amide bonds. The zero-order valence-electron chi connectivity index (χ0n) is 32.5. The van der Waals surface area contributed by atoms with Crippen LogP contribution in [-0.4, -0.2) is 191 Å². The summed E-state index contributed by atoms with van der Waals surface area (Å²) in [6.45, 7) is -2.21. The zero-order chi connectivity index (χ0) is 45.1. The summed E-state index contributed by atoms with van der Waals surface area (Å²) in [4.78, 5) is 0. The van der Waals surface area contributed by atoms with Gasteiger partial charge in [-0.2, -0.15) is 26.3 Å². The molecule has 3 aliphatic heterocycles. The molecule has 3 saturated heterocycles. The number of benzene rings is 1. The average molecular weight is 899 g/mol. The van der Waals surface area contributed by atoms with Gasteiger partial charge in [-0.3, -0.25) is 0 Å². The minimum absolute atomic E-state index is 0.0261. The Kier molecular flexibility index (Phi) is 17.1. The molecule has 19 atom stereocenters. The van der Waals surface area contributed by atoms with Crippen LogP contribution in [0.4, 0.5) is 26.3 Å². The Bertz CT molecular complexity index is 1510. The van der Waals surface area contributed by atoms with E-state index in [9.17, 15) is 62.1 Å². The van der Waals surface area contributed by atoms with Crippen molar-refractivity contribution in [2.45, 2.75) is 141 Å². The third-order valence-corrected chi connectivity index (χ3v) is 11.1. The second-order valence-corrected chi connectivity index (χ2v) is 15.5. The van der Waals surface area contributed by atoms with Crippen molar-refractivity contribution in [3.8, 4) is 0 Å². The molecule has 3 heterocycles. The summed E-state index contributed by atoms with van der Waals surface area (Å²) >= 11 is 0. The van der Waals surface area contributed by atoms with Gasteiger partial charge < -0.3 is 103 Å². The van der Waals surface area contributed by atoms with Crippen molar-refractivity contribution in [2.75, 3.05) is 39.5 Å². The fraction of sp³-hybridized carbons (Fsp3) is 0.829. The summed E-state index contributed by atoms with van der Waals surface area (Å²) in [6.07, 6.45) is -32.1. The lowest BCUT2D eigenvalue weighted by atomic mass is 9.84. The molecule has 18 N–H and O–H groups in total. The van der Waals surface area contributed by atoms with Crippen LogP contribution in [0.15, 0.2) is 18.2 Å². The first-order chi connectivity index (χ1) is 28.6. The minimum Gasteiger partial charge on any atom is -0.394 e. The smallest absolute Gasteiger partial charge is 0.394 e. The second kappa shape index (κ2) is 20.9. The van der Waals surface area contributed by atoms with Gasteiger partial charge in [-0.25, -0.2) is 0 Å². The molecule has 26 heteroatoms. The van der Waals surface area contributed by atoms with Crippen LogP contribution in [0.1, 0.15) is 23.1 Å². The van der Waals surface area contributed by atoms with Crippen LogP contribution in [-0.2, 0) is 51.9 Å². The van der Waals surface area contributed by atoms with Gasteiger partial charge in [0.1, 0.15) is 67.1 Å². The Labute approximate surface area is 345 Å². The van der Waals surface area contributed by atoms with Gasteiger partial charge >= 0.3 is 12.4 Å². The third kappa shape index (κ3) is 11.6. The molecule has 0 unspecified atom stereocenters. The van der Waals surface area contributed by atoms with Gasteiger partial charge in [-0.05, 0) is 43.1 Å². The highest BCUT2D eigenvalue weighted by Crippen LogP contribution is 2.38. The molecule has 4 fully saturated rings. The molecule has 1 saturated carbocycles. The summed E-state index contributed by atoms with van der Waals surface area (Å²) in [5, 5.41) is 76.1. The topological polar surface area (TPSA) is 348 Å². The molecule has 0 aromatic heterocycles. The quantitative estimate of drug-likeness (QED) is 0.0546. The van der Waals surface area contributed by atoms with Crippen molar-refractivity contribution in [2.24, 2.45) is 28.7 Å². The van der Waals surface area contributed by atoms with Crippen molar-refractivity contribution in [3.05, 3.63) is 34.9 Å². The fourth-order valence-electron chi connectivity index (χ4n) is 7.64. The number of nitrogens with one attached hydrogen (secondary N) is 1. The number of aliphatic hydroxyl groups excluding tert-OH is 7. The first kappa shape index (κ1) is 50.0. The molecule has 61 heavy (non-hydrogen) atoms. The molecule has 1 aliphatic carbocycles. The molecule has 20 nitrogen and oxygen atoms in total. The minimum atomic E-state index is -5.03. The van der Waals surface area contributed by atoms with E-state index in [1.165, 1.54) is 0 Å². The van der Waals surface area contributed by atoms with Crippen LogP contribution in [0, 0.1) is 0 Å². The van der Waals surface area contributed by atoms with Gasteiger partial charge in [0.25, 0.3) is 0 Å². The summed E-state index contributed by atoms with van der Waals surface area (Å²) < 4.78 is 122. The second-order valence-electron chi connectivity index (χ2n) is 15.5. The Morgan fingerprint density at radius 2 is 1.11 bits per heavy atom. The summed E-state index contributed by atoms with van der Waals surface area (Å²) in [7, 11) is 0. The van der Waals surface area contributed by atoms with Crippen LogP contribution in [0.3, 0.4) is 0 Å². The van der Waals surface area contributed by atoms with Gasteiger partial charge in [0, 0.05) is 25.2 Å². The number of nitrogens with two attached hydrogens (primary N) is 5. The number of hydrogen-bond acceptors (Lipinski definition) is 20. The number of ether oxygens (including phenoxy) is 7. The number of alkyl halides is 6. The highest BCUT2D eigenvalue weighted by molar-refractivity contribution is 5.33. The Balaban J connectivity index is 1.35. The maximum absolute atomic E-state index is 13.4. The Hall–Kier alpha value is -2.00. The number of rotatable bonds is 16. The number of hydrogen-bond donors (Lipinski definition) is 13. The van der Waals surface area contributed by atoms with Gasteiger partial charge in [0.15, 0.2) is 18.9 Å². The third-order valence-electron chi connectivity index (χ3n) is 11.1. The van der Waals surface area contributed by atoms with Crippen molar-refractivity contribution in [3.63, 3.8) is 0 Å². The monoisotopic (exact) mass is 898 g/mol. The first-order valence-electron chi connectivity index (χ1n) is 19.5. The highest BCUT2D eigenvalue weighted by Gasteiger charge is 2.55. The summed E-state index contributed by atoms with van der Waals surface area (Å²) in [5.41, 5.74) is 27.4. The van der Waals surface area contributed by atoms with Crippen LogP contribution >= 0.6 is 0 Å². The summed E-state index contributed by atoms with van der Waals surface area (Å²) in [5.74, 6) is 0. The van der Waals surface area contributed by atoms with Crippen LogP contribution in [0.2, 0.25) is 0 Å². The molecule has 4 aliphatic rings. The molecule has 0 radical (unpaired) electrons. The normalized spacial score (nSPS) is 41.3. The van der Waals surface area contributed by atoms with Gasteiger partial charge in [-0.15, -0.1) is 0 Å².